The molecule has 0 bridgehead atoms. The van der Waals surface area contributed by atoms with Gasteiger partial charge < -0.3 is 9.31 Å². The molecule has 1 fully saturated rings. The van der Waals surface area contributed by atoms with Gasteiger partial charge in [0.1, 0.15) is 0 Å². The minimum Gasteiger partial charge on any atom is -0.399 e. The molecule has 0 unspecified atom stereocenters. The normalized spacial score (nSPS) is 18.2. The second-order valence-corrected chi connectivity index (χ2v) is 7.63. The van der Waals surface area contributed by atoms with Crippen LogP contribution >= 0.6 is 0 Å². The fourth-order valence-electron chi connectivity index (χ4n) is 3.07. The van der Waals surface area contributed by atoms with Gasteiger partial charge in [0.15, 0.2) is 0 Å². The Hall–Kier alpha value is -2.62. The predicted octanol–water partition coefficient (Wildman–Crippen LogP) is 3.20. The fourth-order valence-corrected chi connectivity index (χ4v) is 3.07. The average Bonchev–Trinajstić information content (AvgIpc) is 3.12. The first-order chi connectivity index (χ1) is 12.3. The van der Waals surface area contributed by atoms with Crippen LogP contribution in [0.3, 0.4) is 0 Å². The molecule has 1 aromatic heterocycles. The lowest BCUT2D eigenvalue weighted by atomic mass is 9.79. The molecule has 26 heavy (non-hydrogen) atoms. The zero-order valence-electron chi connectivity index (χ0n) is 15.4. The monoisotopic (exact) mass is 345 g/mol. The fraction of sp³-hybridized carbons (Fsp3) is 0.300. The van der Waals surface area contributed by atoms with Crippen molar-refractivity contribution >= 4 is 23.5 Å². The highest BCUT2D eigenvalue weighted by atomic mass is 16.7. The number of rotatable bonds is 2. The van der Waals surface area contributed by atoms with E-state index in [0.29, 0.717) is 5.56 Å². The van der Waals surface area contributed by atoms with Crippen molar-refractivity contribution in [2.75, 3.05) is 0 Å². The molecule has 0 aliphatic carbocycles. The Morgan fingerprint density at radius 2 is 1.77 bits per heavy atom. The Bertz CT molecular complexity index is 1020. The predicted molar refractivity (Wildman–Crippen MR) is 102 cm³/mol. The first kappa shape index (κ1) is 16.8. The first-order valence-electron chi connectivity index (χ1n) is 8.65. The number of fused-ring (bicyclic) bond motifs is 1. The summed E-state index contributed by atoms with van der Waals surface area (Å²) in [5, 5.41) is 14.7. The summed E-state index contributed by atoms with van der Waals surface area (Å²) >= 11 is 0. The Kier molecular flexibility index (Phi) is 3.69. The number of benzene rings is 2. The minimum absolute atomic E-state index is 0.381. The smallest absolute Gasteiger partial charge is 0.399 e. The molecular weight excluding hydrogens is 325 g/mol. The number of nitriles is 1. The van der Waals surface area contributed by atoms with Crippen LogP contribution in [0.2, 0.25) is 0 Å². The zero-order valence-corrected chi connectivity index (χ0v) is 15.4. The lowest BCUT2D eigenvalue weighted by Gasteiger charge is -2.32. The quantitative estimate of drug-likeness (QED) is 0.669. The molecule has 0 amide bonds. The van der Waals surface area contributed by atoms with E-state index in [4.69, 9.17) is 14.6 Å². The van der Waals surface area contributed by atoms with E-state index in [0.717, 1.165) is 22.1 Å². The molecule has 4 rings (SSSR count). The average molecular weight is 345 g/mol. The van der Waals surface area contributed by atoms with Gasteiger partial charge in [-0.15, -0.1) is 0 Å². The Labute approximate surface area is 153 Å². The Morgan fingerprint density at radius 1 is 1.04 bits per heavy atom. The van der Waals surface area contributed by atoms with Crippen LogP contribution in [0, 0.1) is 11.3 Å². The van der Waals surface area contributed by atoms with Crippen molar-refractivity contribution < 1.29 is 9.31 Å². The molecule has 5 nitrogen and oxygen atoms in total. The standard InChI is InChI=1S/C20H20BN3O2/c1-19(2)20(3,4)26-21(25-19)16-9-8-15-13-23-24(18(15)11-16)17-7-5-6-14(10-17)12-22/h5-11,13H,1-4H3. The van der Waals surface area contributed by atoms with Gasteiger partial charge in [0, 0.05) is 5.39 Å². The van der Waals surface area contributed by atoms with Crippen LogP contribution in [0.4, 0.5) is 0 Å². The summed E-state index contributed by atoms with van der Waals surface area (Å²) in [6.07, 6.45) is 1.82. The lowest BCUT2D eigenvalue weighted by molar-refractivity contribution is 0.00578. The molecular formula is C20H20BN3O2. The third kappa shape index (κ3) is 2.61. The van der Waals surface area contributed by atoms with Gasteiger partial charge >= 0.3 is 7.12 Å². The third-order valence-electron chi connectivity index (χ3n) is 5.34. The number of aromatic nitrogens is 2. The molecule has 0 radical (unpaired) electrons. The van der Waals surface area contributed by atoms with Crippen LogP contribution in [0.5, 0.6) is 0 Å². The molecule has 1 aliphatic rings. The van der Waals surface area contributed by atoms with E-state index in [1.54, 1.807) is 6.07 Å². The highest BCUT2D eigenvalue weighted by molar-refractivity contribution is 6.62. The second kappa shape index (κ2) is 5.70. The van der Waals surface area contributed by atoms with Crippen molar-refractivity contribution in [2.24, 2.45) is 0 Å². The molecule has 1 aliphatic heterocycles. The number of hydrogen-bond donors (Lipinski definition) is 0. The Morgan fingerprint density at radius 3 is 2.46 bits per heavy atom. The van der Waals surface area contributed by atoms with E-state index in [2.05, 4.69) is 11.2 Å². The van der Waals surface area contributed by atoms with E-state index >= 15 is 0 Å². The maximum atomic E-state index is 9.15. The summed E-state index contributed by atoms with van der Waals surface area (Å²) in [6.45, 7) is 8.18. The summed E-state index contributed by atoms with van der Waals surface area (Å²) in [4.78, 5) is 0. The molecule has 0 N–H and O–H groups in total. The molecule has 0 atom stereocenters. The van der Waals surface area contributed by atoms with Crippen molar-refractivity contribution in [3.63, 3.8) is 0 Å². The van der Waals surface area contributed by atoms with Gasteiger partial charge in [-0.1, -0.05) is 18.2 Å². The largest absolute Gasteiger partial charge is 0.494 e. The first-order valence-corrected chi connectivity index (χ1v) is 8.65. The van der Waals surface area contributed by atoms with Gasteiger partial charge in [-0.3, -0.25) is 0 Å². The molecule has 0 saturated carbocycles. The van der Waals surface area contributed by atoms with Gasteiger partial charge in [0.05, 0.1) is 40.2 Å². The SMILES string of the molecule is CC1(C)OB(c2ccc3cnn(-c4cccc(C#N)c4)c3c2)OC1(C)C. The van der Waals surface area contributed by atoms with Crippen molar-refractivity contribution in [1.29, 1.82) is 5.26 Å². The van der Waals surface area contributed by atoms with Gasteiger partial charge in [-0.2, -0.15) is 10.4 Å². The van der Waals surface area contributed by atoms with Crippen molar-refractivity contribution in [3.8, 4) is 11.8 Å². The van der Waals surface area contributed by atoms with Gasteiger partial charge in [0.2, 0.25) is 0 Å². The molecule has 3 aromatic rings. The topological polar surface area (TPSA) is 60.1 Å². The maximum absolute atomic E-state index is 9.15. The highest BCUT2D eigenvalue weighted by Gasteiger charge is 2.51. The van der Waals surface area contributed by atoms with Crippen molar-refractivity contribution in [1.82, 2.24) is 9.78 Å². The van der Waals surface area contributed by atoms with Crippen molar-refractivity contribution in [3.05, 3.63) is 54.2 Å². The molecule has 0 spiro atoms. The summed E-state index contributed by atoms with van der Waals surface area (Å²) in [5.74, 6) is 0. The lowest BCUT2D eigenvalue weighted by Crippen LogP contribution is -2.41. The summed E-state index contributed by atoms with van der Waals surface area (Å²) in [6, 6.07) is 15.7. The molecule has 2 heterocycles. The van der Waals surface area contributed by atoms with Gasteiger partial charge in [-0.25, -0.2) is 4.68 Å². The van der Waals surface area contributed by atoms with E-state index in [1.165, 1.54) is 0 Å². The van der Waals surface area contributed by atoms with Crippen LogP contribution in [0.1, 0.15) is 33.3 Å². The van der Waals surface area contributed by atoms with E-state index in [9.17, 15) is 0 Å². The summed E-state index contributed by atoms with van der Waals surface area (Å²) in [5.41, 5.74) is 2.60. The summed E-state index contributed by atoms with van der Waals surface area (Å²) < 4.78 is 14.2. The Balaban J connectivity index is 1.78. The van der Waals surface area contributed by atoms with Crippen LogP contribution in [0.25, 0.3) is 16.6 Å². The maximum Gasteiger partial charge on any atom is 0.494 e. The van der Waals surface area contributed by atoms with Gasteiger partial charge in [0.25, 0.3) is 0 Å². The van der Waals surface area contributed by atoms with Crippen LogP contribution < -0.4 is 5.46 Å². The third-order valence-corrected chi connectivity index (χ3v) is 5.34. The second-order valence-electron chi connectivity index (χ2n) is 7.63. The highest BCUT2D eigenvalue weighted by Crippen LogP contribution is 2.36. The zero-order chi connectivity index (χ0) is 18.5. The van der Waals surface area contributed by atoms with Crippen molar-refractivity contribution in [2.45, 2.75) is 38.9 Å². The molecule has 2 aromatic carbocycles. The van der Waals surface area contributed by atoms with E-state index in [-0.39, 0.29) is 11.2 Å². The number of hydrogen-bond acceptors (Lipinski definition) is 4. The van der Waals surface area contributed by atoms with Gasteiger partial charge in [-0.05, 0) is 57.4 Å². The van der Waals surface area contributed by atoms with E-state index < -0.39 is 7.12 Å². The minimum atomic E-state index is -0.418. The van der Waals surface area contributed by atoms with Crippen LogP contribution in [-0.2, 0) is 9.31 Å². The molecule has 130 valence electrons. The van der Waals surface area contributed by atoms with Crippen LogP contribution in [0.15, 0.2) is 48.7 Å². The number of nitrogens with zero attached hydrogens (tertiary/aromatic N) is 3. The molecule has 1 saturated heterocycles. The van der Waals surface area contributed by atoms with E-state index in [1.807, 2.05) is 75.0 Å². The summed E-state index contributed by atoms with van der Waals surface area (Å²) in [7, 11) is -0.418. The van der Waals surface area contributed by atoms with Crippen LogP contribution in [-0.4, -0.2) is 28.1 Å². The molecule has 6 heteroatoms.